The van der Waals surface area contributed by atoms with Crippen molar-refractivity contribution in [3.8, 4) is 0 Å². The summed E-state index contributed by atoms with van der Waals surface area (Å²) in [4.78, 5) is 21.9. The predicted octanol–water partition coefficient (Wildman–Crippen LogP) is 6.54. The van der Waals surface area contributed by atoms with E-state index < -0.39 is 5.60 Å². The molecule has 2 aromatic carbocycles. The molecule has 2 aromatic rings. The summed E-state index contributed by atoms with van der Waals surface area (Å²) in [5.74, 6) is 0. The Balaban J connectivity index is 0.000000541. The number of nitrogens with one attached hydrogen (secondary N) is 1. The number of rotatable bonds is 6. The molecule has 0 spiro atoms. The summed E-state index contributed by atoms with van der Waals surface area (Å²) < 4.78 is 5.55. The highest BCUT2D eigenvalue weighted by Gasteiger charge is 2.39. The van der Waals surface area contributed by atoms with Crippen molar-refractivity contribution in [3.05, 3.63) is 65.2 Å². The molecule has 7 nitrogen and oxygen atoms in total. The fraction of sp³-hybridized carbons (Fsp3) is 0.629. The van der Waals surface area contributed by atoms with Crippen molar-refractivity contribution in [2.75, 3.05) is 57.3 Å². The second-order valence-electron chi connectivity index (χ2n) is 12.4. The van der Waals surface area contributed by atoms with Gasteiger partial charge in [-0.3, -0.25) is 9.80 Å². The van der Waals surface area contributed by atoms with Gasteiger partial charge in [0.15, 0.2) is 0 Å². The van der Waals surface area contributed by atoms with Crippen LogP contribution in [0.15, 0.2) is 48.5 Å². The minimum atomic E-state index is -0.450. The van der Waals surface area contributed by atoms with Gasteiger partial charge in [0.2, 0.25) is 0 Å². The van der Waals surface area contributed by atoms with E-state index in [9.17, 15) is 4.79 Å². The lowest BCUT2D eigenvalue weighted by molar-refractivity contribution is 0.0240. The first-order chi connectivity index (χ1) is 20.2. The molecule has 0 aliphatic carbocycles. The molecule has 42 heavy (non-hydrogen) atoms. The van der Waals surface area contributed by atoms with Crippen molar-refractivity contribution < 1.29 is 9.53 Å². The first kappa shape index (κ1) is 33.9. The zero-order chi connectivity index (χ0) is 30.7. The molecule has 5 rings (SSSR count). The second kappa shape index (κ2) is 16.3. The third-order valence-corrected chi connectivity index (χ3v) is 7.98. The van der Waals surface area contributed by atoms with Crippen molar-refractivity contribution in [1.29, 1.82) is 0 Å². The van der Waals surface area contributed by atoms with Crippen LogP contribution in [0.5, 0.6) is 0 Å². The van der Waals surface area contributed by atoms with Crippen molar-refractivity contribution in [3.63, 3.8) is 0 Å². The van der Waals surface area contributed by atoms with Gasteiger partial charge in [-0.15, -0.1) is 0 Å². The van der Waals surface area contributed by atoms with Gasteiger partial charge in [-0.2, -0.15) is 0 Å². The van der Waals surface area contributed by atoms with Crippen LogP contribution in [-0.4, -0.2) is 84.8 Å². The Morgan fingerprint density at radius 2 is 1.67 bits per heavy atom. The number of piperazine rings is 2. The highest BCUT2D eigenvalue weighted by Crippen LogP contribution is 2.40. The molecule has 234 valence electrons. The van der Waals surface area contributed by atoms with E-state index in [0.29, 0.717) is 25.2 Å². The molecule has 2 unspecified atom stereocenters. The third-order valence-electron chi connectivity index (χ3n) is 7.98. The van der Waals surface area contributed by atoms with Gasteiger partial charge >= 0.3 is 6.09 Å². The summed E-state index contributed by atoms with van der Waals surface area (Å²) in [7, 11) is 0. The van der Waals surface area contributed by atoms with Crippen molar-refractivity contribution in [2.24, 2.45) is 0 Å². The van der Waals surface area contributed by atoms with Crippen LogP contribution < -0.4 is 10.2 Å². The zero-order valence-corrected chi connectivity index (χ0v) is 27.7. The lowest BCUT2D eigenvalue weighted by atomic mass is 10.0. The molecular weight excluding hydrogens is 522 g/mol. The smallest absolute Gasteiger partial charge is 0.410 e. The summed E-state index contributed by atoms with van der Waals surface area (Å²) in [6.45, 7) is 26.0. The highest BCUT2D eigenvalue weighted by atomic mass is 16.6. The SMILES string of the molecule is CC.CC1CN(Cc2ccccc2)CC2c3ccc(N4CCN(C(=O)OC(C)(C)C)CC4)cc3CN12.CCCNCC. The number of fused-ring (bicyclic) bond motifs is 3. The maximum Gasteiger partial charge on any atom is 0.410 e. The summed E-state index contributed by atoms with van der Waals surface area (Å²) in [6.07, 6.45) is 1.04. The van der Waals surface area contributed by atoms with Crippen LogP contribution in [0.2, 0.25) is 0 Å². The molecule has 2 fully saturated rings. The summed E-state index contributed by atoms with van der Waals surface area (Å²) >= 11 is 0. The Kier molecular flexibility index (Phi) is 13.1. The Hall–Kier alpha value is -2.61. The number of amides is 1. The standard InChI is InChI=1S/C28H38N4O2.C5H13N.C2H6/c1-21-17-29(18-22-8-6-5-7-9-22)20-26-25-11-10-24(16-23(25)19-32(21)26)30-12-14-31(15-13-30)27(33)34-28(2,3)4;1-3-5-6-4-2;1-2/h5-11,16,21,26H,12-15,17-20H2,1-4H3;6H,3-5H2,1-2H3;1-2H3. The van der Waals surface area contributed by atoms with Crippen molar-refractivity contribution >= 4 is 11.8 Å². The van der Waals surface area contributed by atoms with Gasteiger partial charge in [0.05, 0.1) is 0 Å². The van der Waals surface area contributed by atoms with Crippen molar-refractivity contribution in [2.45, 2.75) is 92.6 Å². The molecule has 2 atom stereocenters. The number of hydrogen-bond acceptors (Lipinski definition) is 6. The number of ether oxygens (including phenoxy) is 1. The van der Waals surface area contributed by atoms with Crippen LogP contribution in [0, 0.1) is 0 Å². The number of carbonyl (C=O) groups is 1. The van der Waals surface area contributed by atoms with E-state index in [0.717, 1.165) is 52.4 Å². The molecular formula is C35H57N5O2. The van der Waals surface area contributed by atoms with E-state index in [1.165, 1.54) is 28.8 Å². The zero-order valence-electron chi connectivity index (χ0n) is 27.7. The molecule has 0 bridgehead atoms. The Labute approximate surface area is 256 Å². The molecule has 7 heteroatoms. The monoisotopic (exact) mass is 579 g/mol. The molecule has 2 saturated heterocycles. The van der Waals surface area contributed by atoms with E-state index in [2.05, 4.69) is 89.3 Å². The lowest BCUT2D eigenvalue weighted by Gasteiger charge is -2.42. The van der Waals surface area contributed by atoms with Crippen LogP contribution >= 0.6 is 0 Å². The molecule has 3 aliphatic rings. The van der Waals surface area contributed by atoms with Gasteiger partial charge in [0.1, 0.15) is 5.60 Å². The minimum absolute atomic E-state index is 0.202. The molecule has 0 saturated carbocycles. The number of carbonyl (C=O) groups excluding carboxylic acids is 1. The fourth-order valence-electron chi connectivity index (χ4n) is 6.00. The van der Waals surface area contributed by atoms with Crippen LogP contribution in [0.4, 0.5) is 10.5 Å². The van der Waals surface area contributed by atoms with Crippen LogP contribution in [0.25, 0.3) is 0 Å². The van der Waals surface area contributed by atoms with E-state index in [4.69, 9.17) is 4.74 Å². The Bertz CT molecular complexity index is 1070. The van der Waals surface area contributed by atoms with Gasteiger partial charge < -0.3 is 19.9 Å². The maximum absolute atomic E-state index is 12.4. The number of nitrogens with zero attached hydrogens (tertiary/aromatic N) is 4. The maximum atomic E-state index is 12.4. The van der Waals surface area contributed by atoms with Crippen LogP contribution in [0.1, 0.15) is 84.5 Å². The minimum Gasteiger partial charge on any atom is -0.444 e. The van der Waals surface area contributed by atoms with E-state index >= 15 is 0 Å². The lowest BCUT2D eigenvalue weighted by Crippen LogP contribution is -2.50. The van der Waals surface area contributed by atoms with Gasteiger partial charge in [0, 0.05) is 70.1 Å². The number of anilines is 1. The summed E-state index contributed by atoms with van der Waals surface area (Å²) in [5, 5.41) is 3.20. The summed E-state index contributed by atoms with van der Waals surface area (Å²) in [6, 6.07) is 18.9. The molecule has 0 radical (unpaired) electrons. The second-order valence-corrected chi connectivity index (χ2v) is 12.4. The third kappa shape index (κ3) is 9.45. The topological polar surface area (TPSA) is 51.3 Å². The largest absolute Gasteiger partial charge is 0.444 e. The Morgan fingerprint density at radius 3 is 2.26 bits per heavy atom. The average molecular weight is 580 g/mol. The Morgan fingerprint density at radius 1 is 0.976 bits per heavy atom. The van der Waals surface area contributed by atoms with Crippen molar-refractivity contribution in [1.82, 2.24) is 20.0 Å². The van der Waals surface area contributed by atoms with Gasteiger partial charge in [-0.25, -0.2) is 4.79 Å². The molecule has 0 aromatic heterocycles. The van der Waals surface area contributed by atoms with Gasteiger partial charge in [-0.1, -0.05) is 64.1 Å². The first-order valence-electron chi connectivity index (χ1n) is 16.3. The normalized spacial score (nSPS) is 20.5. The molecule has 1 amide bonds. The van der Waals surface area contributed by atoms with E-state index in [1.54, 1.807) is 0 Å². The van der Waals surface area contributed by atoms with Gasteiger partial charge in [0.25, 0.3) is 0 Å². The predicted molar refractivity (Wildman–Crippen MR) is 176 cm³/mol. The highest BCUT2D eigenvalue weighted by molar-refractivity contribution is 5.68. The van der Waals surface area contributed by atoms with E-state index in [-0.39, 0.29) is 6.09 Å². The number of hydrogen-bond donors (Lipinski definition) is 1. The molecule has 1 N–H and O–H groups in total. The number of benzene rings is 2. The molecule has 3 aliphatic heterocycles. The van der Waals surface area contributed by atoms with Gasteiger partial charge in [-0.05, 0) is 76.0 Å². The average Bonchev–Trinajstić information content (AvgIpc) is 3.36. The summed E-state index contributed by atoms with van der Waals surface area (Å²) in [5.41, 5.74) is 5.17. The van der Waals surface area contributed by atoms with Crippen LogP contribution in [0.3, 0.4) is 0 Å². The molecule has 3 heterocycles. The quantitative estimate of drug-likeness (QED) is 0.393. The van der Waals surface area contributed by atoms with E-state index in [1.807, 2.05) is 39.5 Å². The first-order valence-corrected chi connectivity index (χ1v) is 16.3. The fourth-order valence-corrected chi connectivity index (χ4v) is 6.00. The van der Waals surface area contributed by atoms with Crippen LogP contribution in [-0.2, 0) is 17.8 Å².